The Morgan fingerprint density at radius 2 is 2.19 bits per heavy atom. The van der Waals surface area contributed by atoms with E-state index in [0.717, 1.165) is 25.8 Å². The Hall–Kier alpha value is -1.63. The zero-order valence-corrected chi connectivity index (χ0v) is 13.6. The van der Waals surface area contributed by atoms with Crippen LogP contribution in [0.5, 0.6) is 0 Å². The number of hydrogen-bond acceptors (Lipinski definition) is 5. The molecule has 0 unspecified atom stereocenters. The van der Waals surface area contributed by atoms with Crippen molar-refractivity contribution < 1.29 is 14.5 Å². The Morgan fingerprint density at radius 3 is 2.76 bits per heavy atom. The number of nitrogens with zero attached hydrogens (tertiary/aromatic N) is 2. The van der Waals surface area contributed by atoms with Crippen LogP contribution in [0.2, 0.25) is 0 Å². The first-order valence-corrected chi connectivity index (χ1v) is 7.58. The Balaban J connectivity index is 2.54. The normalized spacial score (nSPS) is 18.4. The second kappa shape index (κ2) is 6.43. The van der Waals surface area contributed by atoms with E-state index in [9.17, 15) is 14.9 Å². The number of carbonyl (C=O) groups excluding carboxylic acids is 1. The first-order chi connectivity index (χ1) is 9.95. The molecule has 0 bridgehead atoms. The molecule has 1 saturated heterocycles. The maximum Gasteiger partial charge on any atom is 0.338 e. The molecule has 0 spiro atoms. The monoisotopic (exact) mass is 356 g/mol. The van der Waals surface area contributed by atoms with Crippen molar-refractivity contribution in [1.82, 2.24) is 0 Å². The third-order valence-electron chi connectivity index (χ3n) is 3.75. The van der Waals surface area contributed by atoms with Gasteiger partial charge in [0.2, 0.25) is 0 Å². The van der Waals surface area contributed by atoms with E-state index in [0.29, 0.717) is 10.2 Å². The van der Waals surface area contributed by atoms with E-state index in [2.05, 4.69) is 27.6 Å². The number of nitro groups is 1. The predicted octanol–water partition coefficient (Wildman–Crippen LogP) is 3.52. The average Bonchev–Trinajstić information content (AvgIpc) is 2.46. The number of ether oxygens (including phenoxy) is 1. The molecule has 0 radical (unpaired) electrons. The number of benzene rings is 1. The molecule has 0 aliphatic carbocycles. The van der Waals surface area contributed by atoms with Crippen LogP contribution >= 0.6 is 15.9 Å². The molecule has 0 saturated carbocycles. The van der Waals surface area contributed by atoms with Gasteiger partial charge in [0, 0.05) is 23.1 Å². The summed E-state index contributed by atoms with van der Waals surface area (Å²) >= 11 is 3.37. The van der Waals surface area contributed by atoms with Crippen LogP contribution in [0.3, 0.4) is 0 Å². The molecule has 2 rings (SSSR count). The van der Waals surface area contributed by atoms with Crippen molar-refractivity contribution in [3.63, 3.8) is 0 Å². The van der Waals surface area contributed by atoms with E-state index in [1.807, 2.05) is 4.90 Å². The molecule has 1 atom stereocenters. The maximum absolute atomic E-state index is 11.6. The standard InChI is InChI=1S/C14H17BrN2O4/c1-9-5-3-4-6-16(9)13-11(15)7-10(14(18)21-2)8-12(13)17(19)20/h7-9H,3-6H2,1-2H3/t9-/m0/s1. The van der Waals surface area contributed by atoms with Crippen molar-refractivity contribution in [1.29, 1.82) is 0 Å². The molecule has 6 nitrogen and oxygen atoms in total. The summed E-state index contributed by atoms with van der Waals surface area (Å²) in [6.45, 7) is 2.84. The molecule has 1 aliphatic heterocycles. The van der Waals surface area contributed by atoms with Crippen LogP contribution in [-0.2, 0) is 4.74 Å². The number of rotatable bonds is 3. The SMILES string of the molecule is COC(=O)c1cc(Br)c(N2CCCC[C@@H]2C)c([N+](=O)[O-])c1. The van der Waals surface area contributed by atoms with E-state index < -0.39 is 10.9 Å². The van der Waals surface area contributed by atoms with Crippen LogP contribution in [-0.4, -0.2) is 30.6 Å². The van der Waals surface area contributed by atoms with Crippen molar-refractivity contribution in [2.45, 2.75) is 32.2 Å². The van der Waals surface area contributed by atoms with Gasteiger partial charge < -0.3 is 9.64 Å². The van der Waals surface area contributed by atoms with Crippen LogP contribution < -0.4 is 4.90 Å². The van der Waals surface area contributed by atoms with Gasteiger partial charge in [0.25, 0.3) is 5.69 Å². The lowest BCUT2D eigenvalue weighted by atomic mass is 10.0. The number of halogens is 1. The van der Waals surface area contributed by atoms with E-state index >= 15 is 0 Å². The second-order valence-electron chi connectivity index (χ2n) is 5.11. The summed E-state index contributed by atoms with van der Waals surface area (Å²) < 4.78 is 5.18. The molecule has 1 aromatic rings. The molecule has 0 N–H and O–H groups in total. The molecule has 1 heterocycles. The Labute approximate surface area is 131 Å². The largest absolute Gasteiger partial charge is 0.465 e. The summed E-state index contributed by atoms with van der Waals surface area (Å²) in [5, 5.41) is 11.4. The molecule has 1 fully saturated rings. The van der Waals surface area contributed by atoms with Gasteiger partial charge in [-0.25, -0.2) is 4.79 Å². The molecular formula is C14H17BrN2O4. The van der Waals surface area contributed by atoms with Gasteiger partial charge in [-0.2, -0.15) is 0 Å². The lowest BCUT2D eigenvalue weighted by Gasteiger charge is -2.35. The zero-order valence-electron chi connectivity index (χ0n) is 12.0. The fourth-order valence-electron chi connectivity index (χ4n) is 2.67. The van der Waals surface area contributed by atoms with Gasteiger partial charge in [-0.05, 0) is 48.2 Å². The summed E-state index contributed by atoms with van der Waals surface area (Å²) in [4.78, 5) is 24.6. The first-order valence-electron chi connectivity index (χ1n) is 6.78. The van der Waals surface area contributed by atoms with Crippen LogP contribution in [0.15, 0.2) is 16.6 Å². The fraction of sp³-hybridized carbons (Fsp3) is 0.500. The quantitative estimate of drug-likeness (QED) is 0.470. The highest BCUT2D eigenvalue weighted by Crippen LogP contribution is 2.40. The fourth-order valence-corrected chi connectivity index (χ4v) is 3.35. The van der Waals surface area contributed by atoms with Crippen molar-refractivity contribution in [2.75, 3.05) is 18.6 Å². The topological polar surface area (TPSA) is 72.7 Å². The Kier molecular flexibility index (Phi) is 4.82. The van der Waals surface area contributed by atoms with Crippen LogP contribution in [0.1, 0.15) is 36.5 Å². The third-order valence-corrected chi connectivity index (χ3v) is 4.36. The van der Waals surface area contributed by atoms with Crippen LogP contribution in [0.25, 0.3) is 0 Å². The van der Waals surface area contributed by atoms with E-state index in [1.165, 1.54) is 13.2 Å². The van der Waals surface area contributed by atoms with Gasteiger partial charge in [0.15, 0.2) is 0 Å². The number of methoxy groups -OCH3 is 1. The van der Waals surface area contributed by atoms with Gasteiger partial charge in [-0.1, -0.05) is 0 Å². The summed E-state index contributed by atoms with van der Waals surface area (Å²) in [5.74, 6) is -0.586. The van der Waals surface area contributed by atoms with Gasteiger partial charge in [-0.15, -0.1) is 0 Å². The van der Waals surface area contributed by atoms with Crippen molar-refractivity contribution in [3.8, 4) is 0 Å². The second-order valence-corrected chi connectivity index (χ2v) is 5.97. The van der Waals surface area contributed by atoms with Crippen molar-refractivity contribution in [3.05, 3.63) is 32.3 Å². The predicted molar refractivity (Wildman–Crippen MR) is 82.8 cm³/mol. The number of anilines is 1. The average molecular weight is 357 g/mol. The lowest BCUT2D eigenvalue weighted by Crippen LogP contribution is -2.38. The third kappa shape index (κ3) is 3.18. The minimum atomic E-state index is -0.586. The number of nitro benzene ring substituents is 1. The molecular weight excluding hydrogens is 340 g/mol. The molecule has 1 aliphatic rings. The number of carbonyl (C=O) groups is 1. The van der Waals surface area contributed by atoms with Crippen LogP contribution in [0.4, 0.5) is 11.4 Å². The molecule has 1 aromatic carbocycles. The number of hydrogen-bond donors (Lipinski definition) is 0. The first kappa shape index (κ1) is 15.8. The minimum absolute atomic E-state index is 0.0708. The van der Waals surface area contributed by atoms with Gasteiger partial charge in [0.05, 0.1) is 17.6 Å². The highest BCUT2D eigenvalue weighted by atomic mass is 79.9. The summed E-state index contributed by atoms with van der Waals surface area (Å²) in [6, 6.07) is 3.10. The molecule has 21 heavy (non-hydrogen) atoms. The van der Waals surface area contributed by atoms with Crippen LogP contribution in [0, 0.1) is 10.1 Å². The van der Waals surface area contributed by atoms with Gasteiger partial charge >= 0.3 is 5.97 Å². The lowest BCUT2D eigenvalue weighted by molar-refractivity contribution is -0.384. The van der Waals surface area contributed by atoms with Gasteiger partial charge in [0.1, 0.15) is 5.69 Å². The number of esters is 1. The van der Waals surface area contributed by atoms with Crippen molar-refractivity contribution in [2.24, 2.45) is 0 Å². The molecule has 0 aromatic heterocycles. The smallest absolute Gasteiger partial charge is 0.338 e. The summed E-state index contributed by atoms with van der Waals surface area (Å²) in [7, 11) is 1.25. The molecule has 7 heteroatoms. The summed E-state index contributed by atoms with van der Waals surface area (Å²) in [5.41, 5.74) is 0.642. The van der Waals surface area contributed by atoms with E-state index in [1.54, 1.807) is 6.07 Å². The summed E-state index contributed by atoms with van der Waals surface area (Å²) in [6.07, 6.45) is 3.14. The highest BCUT2D eigenvalue weighted by molar-refractivity contribution is 9.10. The molecule has 0 amide bonds. The maximum atomic E-state index is 11.6. The Morgan fingerprint density at radius 1 is 1.48 bits per heavy atom. The number of piperidine rings is 1. The van der Waals surface area contributed by atoms with Gasteiger partial charge in [-0.3, -0.25) is 10.1 Å². The highest BCUT2D eigenvalue weighted by Gasteiger charge is 2.29. The van der Waals surface area contributed by atoms with Crippen molar-refractivity contribution >= 4 is 33.3 Å². The van der Waals surface area contributed by atoms with E-state index in [4.69, 9.17) is 0 Å². The zero-order chi connectivity index (χ0) is 15.6. The minimum Gasteiger partial charge on any atom is -0.465 e. The van der Waals surface area contributed by atoms with E-state index in [-0.39, 0.29) is 17.3 Å². The Bertz CT molecular complexity index is 576. The molecule has 114 valence electrons.